The fourth-order valence-corrected chi connectivity index (χ4v) is 4.41. The lowest BCUT2D eigenvalue weighted by atomic mass is 10.2. The van der Waals surface area contributed by atoms with Crippen LogP contribution in [0.2, 0.25) is 0 Å². The van der Waals surface area contributed by atoms with Crippen LogP contribution in [0.1, 0.15) is 18.0 Å². The molecule has 2 aromatic carbocycles. The molecular formula is C26H21N5O3. The molecule has 8 heteroatoms. The van der Waals surface area contributed by atoms with Crippen LogP contribution in [0.5, 0.6) is 11.5 Å². The summed E-state index contributed by atoms with van der Waals surface area (Å²) in [6.45, 7) is 4.45. The zero-order valence-corrected chi connectivity index (χ0v) is 18.3. The number of carbonyl (C=O) groups is 1. The van der Waals surface area contributed by atoms with E-state index in [9.17, 15) is 14.9 Å². The number of hydrogen-bond donors (Lipinski definition) is 0. The van der Waals surface area contributed by atoms with E-state index in [4.69, 9.17) is 4.74 Å². The molecule has 0 spiro atoms. The molecule has 5 rings (SSSR count). The molecule has 1 fully saturated rings. The second-order valence-electron chi connectivity index (χ2n) is 7.99. The Morgan fingerprint density at radius 3 is 2.56 bits per heavy atom. The van der Waals surface area contributed by atoms with Crippen LogP contribution in [-0.2, 0) is 4.79 Å². The largest absolute Gasteiger partial charge is 0.457 e. The first-order valence-corrected chi connectivity index (χ1v) is 10.9. The lowest BCUT2D eigenvalue weighted by Crippen LogP contribution is -2.31. The number of para-hydroxylation sites is 1. The second-order valence-corrected chi connectivity index (χ2v) is 7.99. The normalized spacial score (nSPS) is 15.3. The molecule has 3 heterocycles. The maximum atomic E-state index is 13.7. The van der Waals surface area contributed by atoms with Crippen LogP contribution in [0.15, 0.2) is 84.4 Å². The fraction of sp³-hybridized carbons (Fsp3) is 0.154. The standard InChI is InChI=1S/C26H21N5O3/c1-2-24(32)29-13-12-20(17-29)31-25-18(14-27)15-28-16-23(25)30(26(31)33)19-8-10-22(11-9-19)34-21-6-4-3-5-7-21/h2-11,15-16,20H,1,12-13,17H2/t20-/m1/s1. The van der Waals surface area contributed by atoms with E-state index in [1.807, 2.05) is 30.3 Å². The number of fused-ring (bicyclic) bond motifs is 1. The number of nitrogens with zero attached hydrogens (tertiary/aromatic N) is 5. The summed E-state index contributed by atoms with van der Waals surface area (Å²) in [6, 6.07) is 18.5. The minimum atomic E-state index is -0.283. The van der Waals surface area contributed by atoms with Crippen molar-refractivity contribution < 1.29 is 9.53 Å². The Morgan fingerprint density at radius 1 is 1.12 bits per heavy atom. The van der Waals surface area contributed by atoms with Crippen LogP contribution in [0.3, 0.4) is 0 Å². The van der Waals surface area contributed by atoms with Crippen LogP contribution >= 0.6 is 0 Å². The summed E-state index contributed by atoms with van der Waals surface area (Å²) in [5.41, 5.74) is 1.71. The number of ether oxygens (including phenoxy) is 1. The monoisotopic (exact) mass is 451 g/mol. The van der Waals surface area contributed by atoms with E-state index < -0.39 is 0 Å². The summed E-state index contributed by atoms with van der Waals surface area (Å²) in [5, 5.41) is 9.72. The van der Waals surface area contributed by atoms with E-state index >= 15 is 0 Å². The zero-order valence-electron chi connectivity index (χ0n) is 18.3. The Kier molecular flexibility index (Phi) is 5.44. The molecule has 1 amide bonds. The van der Waals surface area contributed by atoms with Gasteiger partial charge in [0.1, 0.15) is 17.6 Å². The van der Waals surface area contributed by atoms with Crippen molar-refractivity contribution in [1.29, 1.82) is 5.26 Å². The van der Waals surface area contributed by atoms with Gasteiger partial charge in [-0.15, -0.1) is 0 Å². The molecule has 2 aromatic heterocycles. The minimum Gasteiger partial charge on any atom is -0.457 e. The highest BCUT2D eigenvalue weighted by Gasteiger charge is 2.31. The lowest BCUT2D eigenvalue weighted by Gasteiger charge is -2.15. The number of carbonyl (C=O) groups excluding carboxylic acids is 1. The van der Waals surface area contributed by atoms with Gasteiger partial charge in [-0.05, 0) is 48.9 Å². The molecule has 8 nitrogen and oxygen atoms in total. The van der Waals surface area contributed by atoms with Crippen molar-refractivity contribution >= 4 is 16.9 Å². The molecule has 1 atom stereocenters. The Balaban J connectivity index is 1.58. The van der Waals surface area contributed by atoms with Crippen molar-refractivity contribution in [2.75, 3.05) is 13.1 Å². The van der Waals surface area contributed by atoms with E-state index in [1.165, 1.54) is 12.3 Å². The van der Waals surface area contributed by atoms with Gasteiger partial charge in [-0.25, -0.2) is 4.79 Å². The van der Waals surface area contributed by atoms with Crippen molar-refractivity contribution in [2.24, 2.45) is 0 Å². The van der Waals surface area contributed by atoms with E-state index in [2.05, 4.69) is 17.6 Å². The van der Waals surface area contributed by atoms with Crippen LogP contribution < -0.4 is 10.4 Å². The number of amides is 1. The summed E-state index contributed by atoms with van der Waals surface area (Å²) < 4.78 is 9.04. The molecule has 0 unspecified atom stereocenters. The third-order valence-corrected chi connectivity index (χ3v) is 5.99. The van der Waals surface area contributed by atoms with Gasteiger partial charge in [0.2, 0.25) is 5.91 Å². The minimum absolute atomic E-state index is 0.171. The summed E-state index contributed by atoms with van der Waals surface area (Å²) in [5.74, 6) is 1.18. The Bertz CT molecular complexity index is 1480. The Labute approximate surface area is 195 Å². The number of benzene rings is 2. The van der Waals surface area contributed by atoms with Crippen LogP contribution in [0.4, 0.5) is 0 Å². The Hall–Kier alpha value is -4.64. The molecule has 0 N–H and O–H groups in total. The highest BCUT2D eigenvalue weighted by Crippen LogP contribution is 2.29. The van der Waals surface area contributed by atoms with E-state index in [0.717, 1.165) is 0 Å². The van der Waals surface area contributed by atoms with Crippen LogP contribution in [-0.4, -0.2) is 38.0 Å². The van der Waals surface area contributed by atoms with Crippen molar-refractivity contribution in [3.05, 3.63) is 95.7 Å². The lowest BCUT2D eigenvalue weighted by molar-refractivity contribution is -0.125. The first kappa shape index (κ1) is 21.2. The molecule has 0 bridgehead atoms. The highest BCUT2D eigenvalue weighted by molar-refractivity contribution is 5.87. The summed E-state index contributed by atoms with van der Waals surface area (Å²) in [6.07, 6.45) is 4.93. The molecule has 1 saturated heterocycles. The molecule has 0 aliphatic carbocycles. The first-order valence-electron chi connectivity index (χ1n) is 10.9. The third-order valence-electron chi connectivity index (χ3n) is 5.99. The molecule has 0 radical (unpaired) electrons. The van der Waals surface area contributed by atoms with E-state index in [0.29, 0.717) is 53.3 Å². The summed E-state index contributed by atoms with van der Waals surface area (Å²) in [7, 11) is 0. The highest BCUT2D eigenvalue weighted by atomic mass is 16.5. The van der Waals surface area contributed by atoms with Gasteiger partial charge in [-0.2, -0.15) is 5.26 Å². The quantitative estimate of drug-likeness (QED) is 0.430. The molecule has 0 saturated carbocycles. The molecular weight excluding hydrogens is 430 g/mol. The predicted octanol–water partition coefficient (Wildman–Crippen LogP) is 3.81. The third kappa shape index (κ3) is 3.63. The molecule has 1 aliphatic heterocycles. The maximum Gasteiger partial charge on any atom is 0.334 e. The Morgan fingerprint density at radius 2 is 1.85 bits per heavy atom. The van der Waals surface area contributed by atoms with Gasteiger partial charge < -0.3 is 9.64 Å². The molecule has 168 valence electrons. The first-order chi connectivity index (χ1) is 16.6. The number of nitriles is 1. The molecule has 34 heavy (non-hydrogen) atoms. The van der Waals surface area contributed by atoms with Gasteiger partial charge in [0.05, 0.1) is 34.5 Å². The van der Waals surface area contributed by atoms with Gasteiger partial charge in [0.15, 0.2) is 0 Å². The zero-order chi connectivity index (χ0) is 23.7. The van der Waals surface area contributed by atoms with Gasteiger partial charge in [-0.3, -0.25) is 18.9 Å². The average molecular weight is 451 g/mol. The number of aromatic nitrogens is 3. The smallest absolute Gasteiger partial charge is 0.334 e. The number of pyridine rings is 1. The number of likely N-dealkylation sites (tertiary alicyclic amines) is 1. The SMILES string of the molecule is C=CC(=O)N1CC[C@@H](n2c(=O)n(-c3ccc(Oc4ccccc4)cc3)c3cncc(C#N)c32)C1. The van der Waals surface area contributed by atoms with E-state index in [1.54, 1.807) is 44.5 Å². The molecule has 4 aromatic rings. The predicted molar refractivity (Wildman–Crippen MR) is 127 cm³/mol. The fourth-order valence-electron chi connectivity index (χ4n) is 4.41. The van der Waals surface area contributed by atoms with Crippen molar-refractivity contribution in [1.82, 2.24) is 19.0 Å². The van der Waals surface area contributed by atoms with Gasteiger partial charge in [0.25, 0.3) is 0 Å². The van der Waals surface area contributed by atoms with Crippen LogP contribution in [0, 0.1) is 11.3 Å². The van der Waals surface area contributed by atoms with Gasteiger partial charge >= 0.3 is 5.69 Å². The van der Waals surface area contributed by atoms with Crippen molar-refractivity contribution in [2.45, 2.75) is 12.5 Å². The second kappa shape index (κ2) is 8.71. The molecule has 1 aliphatic rings. The summed E-state index contributed by atoms with van der Waals surface area (Å²) >= 11 is 0. The van der Waals surface area contributed by atoms with Gasteiger partial charge in [0, 0.05) is 19.3 Å². The number of rotatable bonds is 5. The van der Waals surface area contributed by atoms with Crippen molar-refractivity contribution in [3.8, 4) is 23.3 Å². The van der Waals surface area contributed by atoms with E-state index in [-0.39, 0.29) is 17.6 Å². The maximum absolute atomic E-state index is 13.7. The summed E-state index contributed by atoms with van der Waals surface area (Å²) in [4.78, 5) is 31.6. The average Bonchev–Trinajstić information content (AvgIpc) is 3.47. The number of imidazole rings is 1. The topological polar surface area (TPSA) is 93.2 Å². The van der Waals surface area contributed by atoms with Crippen LogP contribution in [0.25, 0.3) is 16.7 Å². The van der Waals surface area contributed by atoms with Gasteiger partial charge in [-0.1, -0.05) is 24.8 Å². The number of hydrogen-bond acceptors (Lipinski definition) is 5. The van der Waals surface area contributed by atoms with Crippen molar-refractivity contribution in [3.63, 3.8) is 0 Å².